The molecule has 108 valence electrons. The minimum atomic E-state index is -1.07. The molecule has 2 heterocycles. The molecular formula is C14H20N4O2. The molecule has 1 aliphatic heterocycles. The molecule has 0 spiro atoms. The van der Waals surface area contributed by atoms with Crippen LogP contribution in [0.3, 0.4) is 0 Å². The maximum absolute atomic E-state index is 12.0. The lowest BCUT2D eigenvalue weighted by Crippen LogP contribution is -2.53. The van der Waals surface area contributed by atoms with Gasteiger partial charge in [-0.1, -0.05) is 12.8 Å². The summed E-state index contributed by atoms with van der Waals surface area (Å²) in [4.78, 5) is 16.3. The van der Waals surface area contributed by atoms with Crippen LogP contribution in [-0.2, 0) is 16.9 Å². The SMILES string of the molecule is CCn1ncc2c1N=CCC2(NC1CCCC1)C(=O)O. The van der Waals surface area contributed by atoms with Gasteiger partial charge in [0.1, 0.15) is 0 Å². The second kappa shape index (κ2) is 5.01. The maximum atomic E-state index is 12.0. The minimum absolute atomic E-state index is 0.274. The Balaban J connectivity index is 2.01. The fourth-order valence-electron chi connectivity index (χ4n) is 3.25. The van der Waals surface area contributed by atoms with E-state index in [1.54, 1.807) is 17.1 Å². The molecule has 1 atom stereocenters. The quantitative estimate of drug-likeness (QED) is 0.879. The Bertz CT molecular complexity index is 545. The van der Waals surface area contributed by atoms with Crippen LogP contribution in [-0.4, -0.2) is 33.1 Å². The van der Waals surface area contributed by atoms with Crippen molar-refractivity contribution in [3.63, 3.8) is 0 Å². The van der Waals surface area contributed by atoms with Crippen LogP contribution in [0.1, 0.15) is 44.6 Å². The Morgan fingerprint density at radius 2 is 2.30 bits per heavy atom. The number of aromatic nitrogens is 2. The summed E-state index contributed by atoms with van der Waals surface area (Å²) in [5.74, 6) is -0.167. The number of aliphatic imine (C=N–C) groups is 1. The molecule has 0 amide bonds. The van der Waals surface area contributed by atoms with Crippen molar-refractivity contribution in [3.05, 3.63) is 11.8 Å². The lowest BCUT2D eigenvalue weighted by molar-refractivity contribution is -0.145. The molecule has 6 nitrogen and oxygen atoms in total. The Hall–Kier alpha value is -1.69. The number of hydrogen-bond donors (Lipinski definition) is 2. The molecule has 2 aliphatic rings. The molecule has 3 rings (SSSR count). The fourth-order valence-corrected chi connectivity index (χ4v) is 3.25. The maximum Gasteiger partial charge on any atom is 0.329 e. The van der Waals surface area contributed by atoms with Gasteiger partial charge in [0, 0.05) is 30.8 Å². The number of fused-ring (bicyclic) bond motifs is 1. The third-order valence-electron chi connectivity index (χ3n) is 4.35. The van der Waals surface area contributed by atoms with Crippen molar-refractivity contribution in [1.29, 1.82) is 0 Å². The highest BCUT2D eigenvalue weighted by atomic mass is 16.4. The number of hydrogen-bond acceptors (Lipinski definition) is 4. The summed E-state index contributed by atoms with van der Waals surface area (Å²) >= 11 is 0. The molecule has 1 unspecified atom stereocenters. The van der Waals surface area contributed by atoms with Crippen LogP contribution >= 0.6 is 0 Å². The molecule has 0 bridgehead atoms. The molecule has 0 saturated heterocycles. The third kappa shape index (κ3) is 1.95. The van der Waals surface area contributed by atoms with Crippen LogP contribution in [0.4, 0.5) is 5.82 Å². The number of aryl methyl sites for hydroxylation is 1. The Morgan fingerprint density at radius 1 is 1.55 bits per heavy atom. The lowest BCUT2D eigenvalue weighted by Gasteiger charge is -2.34. The Labute approximate surface area is 117 Å². The standard InChI is InChI=1S/C14H20N4O2/c1-2-18-12-11(9-16-18)14(13(19)20,7-8-15-12)17-10-5-3-4-6-10/h8-10,17H,2-7H2,1H3,(H,19,20). The Morgan fingerprint density at radius 3 is 2.95 bits per heavy atom. The van der Waals surface area contributed by atoms with Crippen LogP contribution in [0, 0.1) is 0 Å². The van der Waals surface area contributed by atoms with Crippen molar-refractivity contribution < 1.29 is 9.90 Å². The van der Waals surface area contributed by atoms with E-state index in [0.717, 1.165) is 12.8 Å². The van der Waals surface area contributed by atoms with E-state index in [4.69, 9.17) is 0 Å². The molecule has 6 heteroatoms. The van der Waals surface area contributed by atoms with Crippen LogP contribution < -0.4 is 5.32 Å². The van der Waals surface area contributed by atoms with Crippen LogP contribution in [0.15, 0.2) is 11.2 Å². The van der Waals surface area contributed by atoms with E-state index in [9.17, 15) is 9.90 Å². The van der Waals surface area contributed by atoms with Crippen molar-refractivity contribution in [3.8, 4) is 0 Å². The smallest absolute Gasteiger partial charge is 0.329 e. The number of carbonyl (C=O) groups is 1. The molecule has 1 aromatic rings. The van der Waals surface area contributed by atoms with Gasteiger partial charge in [0.2, 0.25) is 0 Å². The van der Waals surface area contributed by atoms with E-state index in [1.807, 2.05) is 6.92 Å². The van der Waals surface area contributed by atoms with Crippen molar-refractivity contribution in [1.82, 2.24) is 15.1 Å². The summed E-state index contributed by atoms with van der Waals surface area (Å²) in [5.41, 5.74) is -0.374. The first-order valence-electron chi connectivity index (χ1n) is 7.27. The highest BCUT2D eigenvalue weighted by Gasteiger charge is 2.46. The highest BCUT2D eigenvalue weighted by molar-refractivity contribution is 5.89. The predicted octanol–water partition coefficient (Wildman–Crippen LogP) is 1.82. The number of nitrogens with zero attached hydrogens (tertiary/aromatic N) is 3. The van der Waals surface area contributed by atoms with Crippen molar-refractivity contribution >= 4 is 18.0 Å². The first-order valence-corrected chi connectivity index (χ1v) is 7.27. The van der Waals surface area contributed by atoms with E-state index in [1.165, 1.54) is 12.8 Å². The summed E-state index contributed by atoms with van der Waals surface area (Å²) in [5, 5.41) is 17.5. The molecule has 0 aromatic carbocycles. The van der Waals surface area contributed by atoms with Gasteiger partial charge < -0.3 is 5.11 Å². The molecular weight excluding hydrogens is 256 g/mol. The molecule has 20 heavy (non-hydrogen) atoms. The van der Waals surface area contributed by atoms with Gasteiger partial charge >= 0.3 is 5.97 Å². The van der Waals surface area contributed by atoms with Crippen molar-refractivity contribution in [2.75, 3.05) is 0 Å². The lowest BCUT2D eigenvalue weighted by atomic mass is 9.85. The highest BCUT2D eigenvalue weighted by Crippen LogP contribution is 2.38. The number of aliphatic carboxylic acids is 1. The topological polar surface area (TPSA) is 79.5 Å². The zero-order valence-corrected chi connectivity index (χ0v) is 11.7. The predicted molar refractivity (Wildman–Crippen MR) is 75.4 cm³/mol. The Kier molecular flexibility index (Phi) is 3.33. The third-order valence-corrected chi connectivity index (χ3v) is 4.35. The number of nitrogens with one attached hydrogen (secondary N) is 1. The summed E-state index contributed by atoms with van der Waals surface area (Å²) in [7, 11) is 0. The molecule has 1 saturated carbocycles. The molecule has 1 fully saturated rings. The first kappa shape index (κ1) is 13.3. The summed E-state index contributed by atoms with van der Waals surface area (Å²) in [6.45, 7) is 2.66. The van der Waals surface area contributed by atoms with Crippen LogP contribution in [0.2, 0.25) is 0 Å². The largest absolute Gasteiger partial charge is 0.480 e. The summed E-state index contributed by atoms with van der Waals surface area (Å²) < 4.78 is 1.75. The summed E-state index contributed by atoms with van der Waals surface area (Å²) in [6, 6.07) is 0.274. The zero-order valence-electron chi connectivity index (χ0n) is 11.7. The molecule has 1 aliphatic carbocycles. The molecule has 0 radical (unpaired) electrons. The van der Waals surface area contributed by atoms with E-state index >= 15 is 0 Å². The number of carboxylic acids is 1. The first-order chi connectivity index (χ1) is 9.67. The molecule has 2 N–H and O–H groups in total. The normalized spacial score (nSPS) is 25.9. The van der Waals surface area contributed by atoms with Crippen LogP contribution in [0.25, 0.3) is 0 Å². The second-order valence-corrected chi connectivity index (χ2v) is 5.55. The number of carboxylic acid groups (broad SMARTS) is 1. The van der Waals surface area contributed by atoms with Crippen LogP contribution in [0.5, 0.6) is 0 Å². The average molecular weight is 276 g/mol. The van der Waals surface area contributed by atoms with E-state index in [-0.39, 0.29) is 6.04 Å². The van der Waals surface area contributed by atoms with E-state index in [2.05, 4.69) is 15.4 Å². The number of rotatable bonds is 4. The fraction of sp³-hybridized carbons (Fsp3) is 0.643. The summed E-state index contributed by atoms with van der Waals surface area (Å²) in [6.07, 6.45) is 8.16. The van der Waals surface area contributed by atoms with Gasteiger partial charge in [0.05, 0.1) is 6.20 Å². The van der Waals surface area contributed by atoms with Gasteiger partial charge in [-0.3, -0.25) is 5.32 Å². The van der Waals surface area contributed by atoms with Gasteiger partial charge in [-0.05, 0) is 19.8 Å². The van der Waals surface area contributed by atoms with E-state index in [0.29, 0.717) is 24.3 Å². The second-order valence-electron chi connectivity index (χ2n) is 5.55. The zero-order chi connectivity index (χ0) is 14.2. The van der Waals surface area contributed by atoms with Gasteiger partial charge in [-0.15, -0.1) is 0 Å². The van der Waals surface area contributed by atoms with Gasteiger partial charge in [0.25, 0.3) is 0 Å². The minimum Gasteiger partial charge on any atom is -0.480 e. The monoisotopic (exact) mass is 276 g/mol. The van der Waals surface area contributed by atoms with Crippen molar-refractivity contribution in [2.45, 2.75) is 57.2 Å². The van der Waals surface area contributed by atoms with Crippen molar-refractivity contribution in [2.24, 2.45) is 4.99 Å². The van der Waals surface area contributed by atoms with E-state index < -0.39 is 11.5 Å². The average Bonchev–Trinajstić information content (AvgIpc) is 3.07. The van der Waals surface area contributed by atoms with Gasteiger partial charge in [0.15, 0.2) is 11.4 Å². The van der Waals surface area contributed by atoms with Gasteiger partial charge in [-0.2, -0.15) is 5.10 Å². The van der Waals surface area contributed by atoms with Gasteiger partial charge in [-0.25, -0.2) is 14.5 Å². The molecule has 1 aromatic heterocycles.